The fourth-order valence-corrected chi connectivity index (χ4v) is 4.73. The van der Waals surface area contributed by atoms with Gasteiger partial charge in [-0.1, -0.05) is 26.5 Å². The Balaban J connectivity index is 1.89. The van der Waals surface area contributed by atoms with E-state index in [2.05, 4.69) is 36.1 Å². The van der Waals surface area contributed by atoms with E-state index in [4.69, 9.17) is 0 Å². The van der Waals surface area contributed by atoms with Gasteiger partial charge in [-0.25, -0.2) is 9.78 Å². The monoisotopic (exact) mass is 559 g/mol. The molecule has 0 atom stereocenters. The molecule has 1 fully saturated rings. The zero-order valence-electron chi connectivity index (χ0n) is 17.3. The Morgan fingerprint density at radius 1 is 1.15 bits per heavy atom. The number of aromatic nitrogens is 2. The first-order chi connectivity index (χ1) is 16.1. The zero-order chi connectivity index (χ0) is 24.5. The van der Waals surface area contributed by atoms with Gasteiger partial charge in [0.1, 0.15) is 5.52 Å². The van der Waals surface area contributed by atoms with E-state index in [9.17, 15) is 26.4 Å². The summed E-state index contributed by atoms with van der Waals surface area (Å²) in [5.41, 5.74) is 0.427. The van der Waals surface area contributed by atoms with Crippen LogP contribution in [0.5, 0.6) is 0 Å². The lowest BCUT2D eigenvalue weighted by Gasteiger charge is -2.30. The summed E-state index contributed by atoms with van der Waals surface area (Å²) in [7, 11) is -4.79. The summed E-state index contributed by atoms with van der Waals surface area (Å²) in [5.74, 6) is -2.96. The summed E-state index contributed by atoms with van der Waals surface area (Å²) in [6, 6.07) is 9.49. The molecule has 9 nitrogen and oxygen atoms in total. The van der Waals surface area contributed by atoms with Gasteiger partial charge in [0.05, 0.1) is 4.90 Å². The van der Waals surface area contributed by atoms with E-state index in [1.807, 2.05) is 4.90 Å². The van der Waals surface area contributed by atoms with E-state index in [-0.39, 0.29) is 10.3 Å². The van der Waals surface area contributed by atoms with Crippen molar-refractivity contribution in [1.29, 1.82) is 0 Å². The molecule has 1 N–H and O–H groups in total. The largest absolute Gasteiger partial charge is 0.493 e. The number of pyridine rings is 2. The highest BCUT2D eigenvalue weighted by Crippen LogP contribution is 2.32. The number of sulfonamides is 1. The van der Waals surface area contributed by atoms with Gasteiger partial charge in [0.25, 0.3) is 10.0 Å². The molecule has 3 heterocycles. The molecule has 2 aromatic heterocycles. The van der Waals surface area contributed by atoms with E-state index in [0.29, 0.717) is 41.6 Å². The van der Waals surface area contributed by atoms with E-state index >= 15 is 0 Å². The van der Waals surface area contributed by atoms with Crippen LogP contribution in [0.4, 0.5) is 24.8 Å². The molecule has 0 bridgehead atoms. The number of anilines is 2. The Morgan fingerprint density at radius 3 is 2.47 bits per heavy atom. The Hall–Kier alpha value is -2.97. The van der Waals surface area contributed by atoms with Crippen LogP contribution in [0, 0.1) is 0 Å². The number of halogens is 4. The third-order valence-electron chi connectivity index (χ3n) is 4.89. The van der Waals surface area contributed by atoms with Gasteiger partial charge in [0, 0.05) is 42.2 Å². The number of piperazine rings is 1. The topological polar surface area (TPSA) is 105 Å². The minimum atomic E-state index is -5.44. The predicted molar refractivity (Wildman–Crippen MR) is 121 cm³/mol. The van der Waals surface area contributed by atoms with Crippen LogP contribution in [-0.4, -0.2) is 56.7 Å². The van der Waals surface area contributed by atoms with Crippen molar-refractivity contribution >= 4 is 54.5 Å². The van der Waals surface area contributed by atoms with Crippen LogP contribution >= 0.6 is 15.9 Å². The molecule has 14 heteroatoms. The molecule has 1 saturated heterocycles. The molecule has 0 radical (unpaired) electrons. The number of alkyl halides is 3. The minimum absolute atomic E-state index is 0.0931. The molecule has 3 aromatic rings. The maximum Gasteiger partial charge on any atom is 0.493 e. The van der Waals surface area contributed by atoms with Crippen molar-refractivity contribution in [3.05, 3.63) is 53.1 Å². The normalized spacial score (nSPS) is 14.8. The molecule has 1 aromatic carbocycles. The molecule has 0 aliphatic carbocycles. The first kappa shape index (κ1) is 24.2. The van der Waals surface area contributed by atoms with Crippen LogP contribution in [0.3, 0.4) is 0 Å². The summed E-state index contributed by atoms with van der Waals surface area (Å²) in [4.78, 5) is 26.1. The summed E-state index contributed by atoms with van der Waals surface area (Å²) < 4.78 is 66.2. The van der Waals surface area contributed by atoms with Gasteiger partial charge in [-0.05, 0) is 36.4 Å². The van der Waals surface area contributed by atoms with Crippen molar-refractivity contribution in [2.24, 2.45) is 0 Å². The highest BCUT2D eigenvalue weighted by molar-refractivity contribution is 9.10. The van der Waals surface area contributed by atoms with E-state index in [0.717, 1.165) is 12.1 Å². The second-order valence-electron chi connectivity index (χ2n) is 7.18. The first-order valence-electron chi connectivity index (χ1n) is 9.89. The highest BCUT2D eigenvalue weighted by atomic mass is 79.9. The van der Waals surface area contributed by atoms with Crippen molar-refractivity contribution in [2.45, 2.75) is 11.1 Å². The number of hydrogen-bond donors (Lipinski definition) is 1. The second kappa shape index (κ2) is 9.35. The number of benzene rings is 1. The van der Waals surface area contributed by atoms with Crippen molar-refractivity contribution in [1.82, 2.24) is 15.3 Å². The van der Waals surface area contributed by atoms with E-state index < -0.39 is 32.9 Å². The average molecular weight is 560 g/mol. The smallest absolute Gasteiger partial charge is 0.352 e. The van der Waals surface area contributed by atoms with Crippen molar-refractivity contribution in [3.63, 3.8) is 0 Å². The van der Waals surface area contributed by atoms with Crippen LogP contribution in [0.2, 0.25) is 0 Å². The fraction of sp³-hybridized carbons (Fsp3) is 0.250. The van der Waals surface area contributed by atoms with Crippen LogP contribution in [-0.2, 0) is 19.7 Å². The van der Waals surface area contributed by atoms with E-state index in [1.54, 1.807) is 12.1 Å². The molecular weight excluding hydrogens is 543 g/mol. The number of carbonyl (C=O) groups is 1. The standard InChI is InChI=1S/C20H17BrF3N5O4S/c21-14-3-5-15(6-4-14)34(31,32)29(33-19(30)20(22,23)24)16-12-13-2-1-7-26-17(13)18(27-16)28-10-8-25-9-11-28/h1-7,12,25H,8-11H2. The number of nitrogens with zero attached hydrogens (tertiary/aromatic N) is 4. The lowest BCUT2D eigenvalue weighted by atomic mass is 10.2. The number of nitrogens with one attached hydrogen (secondary N) is 1. The van der Waals surface area contributed by atoms with Crippen LogP contribution in [0.25, 0.3) is 10.9 Å². The third-order valence-corrected chi connectivity index (χ3v) is 6.98. The van der Waals surface area contributed by atoms with Gasteiger partial charge >= 0.3 is 12.1 Å². The maximum absolute atomic E-state index is 13.3. The molecule has 1 aliphatic heterocycles. The lowest BCUT2D eigenvalue weighted by molar-refractivity contribution is -0.199. The highest BCUT2D eigenvalue weighted by Gasteiger charge is 2.45. The van der Waals surface area contributed by atoms with Crippen LogP contribution in [0.1, 0.15) is 0 Å². The number of rotatable bonds is 5. The van der Waals surface area contributed by atoms with E-state index in [1.165, 1.54) is 24.4 Å². The molecule has 0 amide bonds. The SMILES string of the molecule is O=C(ON(c1cc2cccnc2c(N2CCNCC2)n1)S(=O)(=O)c1ccc(Br)cc1)C(F)(F)F. The molecule has 34 heavy (non-hydrogen) atoms. The van der Waals surface area contributed by atoms with Crippen LogP contribution in [0.15, 0.2) is 58.0 Å². The fourth-order valence-electron chi connectivity index (χ4n) is 3.29. The number of fused-ring (bicyclic) bond motifs is 1. The predicted octanol–water partition coefficient (Wildman–Crippen LogP) is 3.02. The van der Waals surface area contributed by atoms with Gasteiger partial charge in [-0.15, -0.1) is 0 Å². The molecule has 0 saturated carbocycles. The Bertz CT molecular complexity index is 1320. The molecule has 0 unspecified atom stereocenters. The van der Waals surface area contributed by atoms with Gasteiger partial charge in [0.2, 0.25) is 0 Å². The molecule has 4 rings (SSSR count). The van der Waals surface area contributed by atoms with Gasteiger partial charge in [-0.2, -0.15) is 21.6 Å². The van der Waals surface area contributed by atoms with Crippen molar-refractivity contribution in [3.8, 4) is 0 Å². The average Bonchev–Trinajstić information content (AvgIpc) is 2.81. The van der Waals surface area contributed by atoms with Crippen molar-refractivity contribution < 1.29 is 31.2 Å². The molecule has 0 spiro atoms. The third kappa shape index (κ3) is 4.93. The summed E-state index contributed by atoms with van der Waals surface area (Å²) >= 11 is 3.17. The summed E-state index contributed by atoms with van der Waals surface area (Å²) in [6.07, 6.45) is -3.91. The Labute approximate surface area is 200 Å². The van der Waals surface area contributed by atoms with Gasteiger partial charge in [0.15, 0.2) is 11.6 Å². The first-order valence-corrected chi connectivity index (χ1v) is 12.1. The van der Waals surface area contributed by atoms with Crippen LogP contribution < -0.4 is 14.7 Å². The minimum Gasteiger partial charge on any atom is -0.352 e. The van der Waals surface area contributed by atoms with Gasteiger partial charge in [-0.3, -0.25) is 4.98 Å². The quantitative estimate of drug-likeness (QED) is 0.476. The Kier molecular flexibility index (Phi) is 6.64. The number of carbonyl (C=O) groups excluding carboxylic acids is 1. The lowest BCUT2D eigenvalue weighted by Crippen LogP contribution is -2.44. The summed E-state index contributed by atoms with van der Waals surface area (Å²) in [6.45, 7) is 2.24. The Morgan fingerprint density at radius 2 is 1.82 bits per heavy atom. The van der Waals surface area contributed by atoms with Crippen molar-refractivity contribution in [2.75, 3.05) is 35.5 Å². The molecular formula is C20H17BrF3N5O4S. The second-order valence-corrected chi connectivity index (χ2v) is 9.85. The summed E-state index contributed by atoms with van der Waals surface area (Å²) in [5, 5.41) is 3.57. The molecule has 180 valence electrons. The molecule has 1 aliphatic rings. The number of hydrogen-bond acceptors (Lipinski definition) is 8. The van der Waals surface area contributed by atoms with Gasteiger partial charge < -0.3 is 15.1 Å². The maximum atomic E-state index is 13.3. The zero-order valence-corrected chi connectivity index (χ0v) is 19.7.